The molecule has 0 saturated carbocycles. The Morgan fingerprint density at radius 2 is 1.69 bits per heavy atom. The summed E-state index contributed by atoms with van der Waals surface area (Å²) in [5.74, 6) is -0.0355. The molecule has 4 aromatic rings. The van der Waals surface area contributed by atoms with Gasteiger partial charge in [-0.15, -0.1) is 0 Å². The number of carbonyl (C=O) groups is 1. The van der Waals surface area contributed by atoms with E-state index in [2.05, 4.69) is 14.9 Å². The zero-order chi connectivity index (χ0) is 27.6. The van der Waals surface area contributed by atoms with Crippen molar-refractivity contribution in [2.75, 3.05) is 37.3 Å². The van der Waals surface area contributed by atoms with E-state index in [4.69, 9.17) is 5.73 Å². The zero-order valence-electron chi connectivity index (χ0n) is 21.3. The summed E-state index contributed by atoms with van der Waals surface area (Å²) in [7, 11) is -3.28. The molecule has 0 bridgehead atoms. The zero-order valence-corrected chi connectivity index (χ0v) is 22.2. The predicted octanol–water partition coefficient (Wildman–Crippen LogP) is 4.23. The van der Waals surface area contributed by atoms with Gasteiger partial charge in [0.2, 0.25) is 15.9 Å². The maximum atomic E-state index is 13.2. The molecule has 3 heterocycles. The maximum Gasteiger partial charge on any atom is 0.249 e. The summed E-state index contributed by atoms with van der Waals surface area (Å²) < 4.78 is 38.8. The van der Waals surface area contributed by atoms with Gasteiger partial charge in [-0.1, -0.05) is 36.4 Å². The van der Waals surface area contributed by atoms with E-state index in [0.29, 0.717) is 43.0 Å². The van der Waals surface area contributed by atoms with Crippen LogP contribution in [0.2, 0.25) is 0 Å². The van der Waals surface area contributed by atoms with Crippen molar-refractivity contribution < 1.29 is 17.6 Å². The molecular weight excluding hydrogens is 517 g/mol. The molecule has 10 heteroatoms. The fraction of sp³-hybridized carbons (Fsp3) is 0.172. The lowest BCUT2D eigenvalue weighted by atomic mass is 9.99. The third-order valence-electron chi connectivity index (χ3n) is 6.71. The Kier molecular flexibility index (Phi) is 7.32. The second kappa shape index (κ2) is 10.8. The summed E-state index contributed by atoms with van der Waals surface area (Å²) in [6.07, 6.45) is 6.65. The van der Waals surface area contributed by atoms with Crippen LogP contribution in [-0.4, -0.2) is 61.0 Å². The summed E-state index contributed by atoms with van der Waals surface area (Å²) in [5, 5.41) is 0. The van der Waals surface area contributed by atoms with Gasteiger partial charge in [0.25, 0.3) is 0 Å². The number of piperazine rings is 1. The minimum atomic E-state index is -3.28. The number of hydrogen-bond acceptors (Lipinski definition) is 5. The van der Waals surface area contributed by atoms with Crippen molar-refractivity contribution >= 4 is 33.9 Å². The first-order valence-corrected chi connectivity index (χ1v) is 14.3. The second-order valence-corrected chi connectivity index (χ2v) is 11.3. The number of pyridine rings is 1. The molecule has 3 N–H and O–H groups in total. The Morgan fingerprint density at radius 3 is 2.38 bits per heavy atom. The van der Waals surface area contributed by atoms with Crippen molar-refractivity contribution in [2.24, 2.45) is 5.73 Å². The Bertz CT molecular complexity index is 1640. The maximum absolute atomic E-state index is 13.2. The SMILES string of the molecule is CS(=O)(=O)N1CCN(c2[nH]c(-c3ccnc(/C=C/c4ccc(F)cc4)c3)cc2-c2ccccc2C(N)=O)CC1. The van der Waals surface area contributed by atoms with Gasteiger partial charge < -0.3 is 15.6 Å². The molecule has 0 atom stereocenters. The minimum Gasteiger partial charge on any atom is -0.366 e. The molecule has 8 nitrogen and oxygen atoms in total. The molecule has 39 heavy (non-hydrogen) atoms. The van der Waals surface area contributed by atoms with Gasteiger partial charge in [0.05, 0.1) is 11.9 Å². The number of nitrogens with two attached hydrogens (primary N) is 1. The number of anilines is 1. The molecule has 1 fully saturated rings. The summed E-state index contributed by atoms with van der Waals surface area (Å²) in [4.78, 5) is 22.3. The molecule has 0 radical (unpaired) electrons. The first-order chi connectivity index (χ1) is 18.7. The fourth-order valence-electron chi connectivity index (χ4n) is 4.69. The largest absolute Gasteiger partial charge is 0.366 e. The number of carbonyl (C=O) groups excluding carboxylic acids is 1. The monoisotopic (exact) mass is 545 g/mol. The van der Waals surface area contributed by atoms with Crippen LogP contribution in [-0.2, 0) is 10.0 Å². The lowest BCUT2D eigenvalue weighted by Gasteiger charge is -2.34. The van der Waals surface area contributed by atoms with Crippen LogP contribution in [0.3, 0.4) is 0 Å². The molecule has 5 rings (SSSR count). The number of amides is 1. The molecule has 2 aromatic heterocycles. The number of primary amides is 1. The molecule has 0 aliphatic carbocycles. The van der Waals surface area contributed by atoms with Crippen molar-refractivity contribution in [3.8, 4) is 22.4 Å². The van der Waals surface area contributed by atoms with E-state index in [0.717, 1.165) is 28.2 Å². The molecule has 1 saturated heterocycles. The fourth-order valence-corrected chi connectivity index (χ4v) is 5.52. The molecular formula is C29H28FN5O3S. The van der Waals surface area contributed by atoms with Crippen LogP contribution < -0.4 is 10.6 Å². The minimum absolute atomic E-state index is 0.290. The number of H-pyrrole nitrogens is 1. The summed E-state index contributed by atoms with van der Waals surface area (Å²) in [6, 6.07) is 19.2. The van der Waals surface area contributed by atoms with E-state index < -0.39 is 15.9 Å². The standard InChI is InChI=1S/C29H28FN5O3S/c1-39(37,38)35-16-14-34(15-17-35)29-26(24-4-2-3-5-25(24)28(31)36)19-27(33-29)21-12-13-32-23(18-21)11-8-20-6-9-22(30)10-7-20/h2-13,18-19,33H,14-17H2,1H3,(H2,31,36)/b11-8+. The van der Waals surface area contributed by atoms with Crippen molar-refractivity contribution in [3.63, 3.8) is 0 Å². The molecule has 0 unspecified atom stereocenters. The Labute approximate surface area is 226 Å². The summed E-state index contributed by atoms with van der Waals surface area (Å²) >= 11 is 0. The van der Waals surface area contributed by atoms with E-state index in [-0.39, 0.29) is 5.82 Å². The number of nitrogens with zero attached hydrogens (tertiary/aromatic N) is 3. The average molecular weight is 546 g/mol. The topological polar surface area (TPSA) is 112 Å². The van der Waals surface area contributed by atoms with Gasteiger partial charge in [-0.05, 0) is 53.6 Å². The van der Waals surface area contributed by atoms with Crippen LogP contribution in [0.5, 0.6) is 0 Å². The number of halogens is 1. The molecule has 2 aromatic carbocycles. The second-order valence-electron chi connectivity index (χ2n) is 9.36. The van der Waals surface area contributed by atoms with Gasteiger partial charge >= 0.3 is 0 Å². The highest BCUT2D eigenvalue weighted by atomic mass is 32.2. The van der Waals surface area contributed by atoms with Crippen molar-refractivity contribution in [1.82, 2.24) is 14.3 Å². The first kappa shape index (κ1) is 26.3. The van der Waals surface area contributed by atoms with E-state index in [1.807, 2.05) is 42.5 Å². The quantitative estimate of drug-likeness (QED) is 0.361. The number of aromatic amines is 1. The normalized spacial score (nSPS) is 14.7. The summed E-state index contributed by atoms with van der Waals surface area (Å²) in [6.45, 7) is 1.69. The van der Waals surface area contributed by atoms with Crippen LogP contribution in [0.1, 0.15) is 21.6 Å². The predicted molar refractivity (Wildman–Crippen MR) is 152 cm³/mol. The van der Waals surface area contributed by atoms with E-state index in [1.54, 1.807) is 30.5 Å². The molecule has 0 spiro atoms. The highest BCUT2D eigenvalue weighted by molar-refractivity contribution is 7.88. The molecule has 200 valence electrons. The number of nitrogens with one attached hydrogen (secondary N) is 1. The first-order valence-electron chi connectivity index (χ1n) is 12.4. The van der Waals surface area contributed by atoms with E-state index in [1.165, 1.54) is 22.7 Å². The van der Waals surface area contributed by atoms with Gasteiger partial charge in [0.15, 0.2) is 0 Å². The molecule has 1 amide bonds. The third-order valence-corrected chi connectivity index (χ3v) is 8.02. The average Bonchev–Trinajstić information content (AvgIpc) is 3.38. The van der Waals surface area contributed by atoms with Gasteiger partial charge in [-0.25, -0.2) is 12.8 Å². The van der Waals surface area contributed by atoms with Gasteiger partial charge in [-0.3, -0.25) is 9.78 Å². The van der Waals surface area contributed by atoms with Crippen LogP contribution in [0.4, 0.5) is 10.2 Å². The number of hydrogen-bond donors (Lipinski definition) is 2. The number of sulfonamides is 1. The Morgan fingerprint density at radius 1 is 0.974 bits per heavy atom. The lowest BCUT2D eigenvalue weighted by molar-refractivity contribution is 0.100. The van der Waals surface area contributed by atoms with E-state index >= 15 is 0 Å². The van der Waals surface area contributed by atoms with E-state index in [9.17, 15) is 17.6 Å². The summed E-state index contributed by atoms with van der Waals surface area (Å²) in [5.41, 5.74) is 10.8. The highest BCUT2D eigenvalue weighted by Gasteiger charge is 2.27. The highest BCUT2D eigenvalue weighted by Crippen LogP contribution is 2.37. The smallest absolute Gasteiger partial charge is 0.249 e. The van der Waals surface area contributed by atoms with Gasteiger partial charge in [-0.2, -0.15) is 4.31 Å². The molecule has 1 aliphatic rings. The number of benzene rings is 2. The number of rotatable bonds is 7. The van der Waals surface area contributed by atoms with Gasteiger partial charge in [0, 0.05) is 54.8 Å². The Hall–Kier alpha value is -4.28. The number of aromatic nitrogens is 2. The van der Waals surface area contributed by atoms with Crippen LogP contribution in [0.25, 0.3) is 34.5 Å². The van der Waals surface area contributed by atoms with Crippen LogP contribution >= 0.6 is 0 Å². The third kappa shape index (κ3) is 5.92. The van der Waals surface area contributed by atoms with Crippen molar-refractivity contribution in [2.45, 2.75) is 0 Å². The van der Waals surface area contributed by atoms with Crippen molar-refractivity contribution in [3.05, 3.63) is 95.6 Å². The Balaban J connectivity index is 1.52. The van der Waals surface area contributed by atoms with Crippen LogP contribution in [0.15, 0.2) is 72.9 Å². The molecule has 1 aliphatic heterocycles. The van der Waals surface area contributed by atoms with Crippen LogP contribution in [0, 0.1) is 5.82 Å². The lowest BCUT2D eigenvalue weighted by Crippen LogP contribution is -2.48. The van der Waals surface area contributed by atoms with Gasteiger partial charge in [0.1, 0.15) is 11.6 Å². The van der Waals surface area contributed by atoms with Crippen molar-refractivity contribution in [1.29, 1.82) is 0 Å².